The summed E-state index contributed by atoms with van der Waals surface area (Å²) >= 11 is 0. The van der Waals surface area contributed by atoms with E-state index < -0.39 is 30.4 Å². The van der Waals surface area contributed by atoms with E-state index in [1.807, 2.05) is 5.43 Å². The van der Waals surface area contributed by atoms with Crippen molar-refractivity contribution in [3.63, 3.8) is 0 Å². The van der Waals surface area contributed by atoms with Gasteiger partial charge in [0.15, 0.2) is 0 Å². The maximum absolute atomic E-state index is 12.0. The first-order valence-electron chi connectivity index (χ1n) is 6.71. The molecular formula is C12H16N6O5. The number of nitrogens with one attached hydrogen (secondary N) is 1. The van der Waals surface area contributed by atoms with Crippen molar-refractivity contribution in [1.82, 2.24) is 20.0 Å². The molecule has 1 amide bonds. The number of carbonyl (C=O) groups is 1. The first-order valence-corrected chi connectivity index (χ1v) is 6.71. The van der Waals surface area contributed by atoms with E-state index in [1.165, 1.54) is 6.20 Å². The maximum Gasteiger partial charge on any atom is 0.267 e. The zero-order chi connectivity index (χ0) is 16.8. The lowest BCUT2D eigenvalue weighted by molar-refractivity contribution is -0.147. The summed E-state index contributed by atoms with van der Waals surface area (Å²) in [4.78, 5) is 19.8. The molecule has 1 aliphatic heterocycles. The summed E-state index contributed by atoms with van der Waals surface area (Å²) < 4.78 is 6.33. The van der Waals surface area contributed by atoms with E-state index in [2.05, 4.69) is 9.97 Å². The van der Waals surface area contributed by atoms with Crippen LogP contribution in [0.5, 0.6) is 0 Å². The van der Waals surface area contributed by atoms with E-state index in [0.29, 0.717) is 0 Å². The van der Waals surface area contributed by atoms with Crippen molar-refractivity contribution in [2.75, 3.05) is 18.9 Å². The van der Waals surface area contributed by atoms with Crippen molar-refractivity contribution in [2.45, 2.75) is 17.9 Å². The Morgan fingerprint density at radius 1 is 1.57 bits per heavy atom. The lowest BCUT2D eigenvalue weighted by Crippen LogP contribution is -2.50. The molecule has 0 bridgehead atoms. The van der Waals surface area contributed by atoms with Crippen molar-refractivity contribution in [1.29, 1.82) is 0 Å². The molecule has 11 heteroatoms. The third-order valence-corrected chi connectivity index (χ3v) is 3.96. The Kier molecular flexibility index (Phi) is 3.66. The van der Waals surface area contributed by atoms with Gasteiger partial charge in [-0.3, -0.25) is 14.8 Å². The molecule has 1 aliphatic rings. The van der Waals surface area contributed by atoms with Crippen molar-refractivity contribution in [3.8, 4) is 0 Å². The summed E-state index contributed by atoms with van der Waals surface area (Å²) in [6.07, 6.45) is -0.0747. The fraction of sp³-hybridized carbons (Fsp3) is 0.417. The van der Waals surface area contributed by atoms with Gasteiger partial charge in [-0.25, -0.2) is 15.8 Å². The van der Waals surface area contributed by atoms with Crippen molar-refractivity contribution >= 4 is 22.8 Å². The van der Waals surface area contributed by atoms with E-state index in [1.54, 1.807) is 0 Å². The molecule has 23 heavy (non-hydrogen) atoms. The minimum atomic E-state index is -2.03. The van der Waals surface area contributed by atoms with E-state index in [4.69, 9.17) is 16.3 Å². The molecule has 11 nitrogen and oxygen atoms in total. The van der Waals surface area contributed by atoms with Gasteiger partial charge in [-0.2, -0.15) is 0 Å². The normalized spacial score (nSPS) is 27.5. The third kappa shape index (κ3) is 2.06. The second-order valence-corrected chi connectivity index (χ2v) is 5.15. The van der Waals surface area contributed by atoms with E-state index in [-0.39, 0.29) is 29.0 Å². The molecule has 3 heterocycles. The monoisotopic (exact) mass is 324 g/mol. The predicted molar refractivity (Wildman–Crippen MR) is 76.6 cm³/mol. The highest BCUT2D eigenvalue weighted by Gasteiger charge is 2.52. The topological polar surface area (TPSA) is 182 Å². The summed E-state index contributed by atoms with van der Waals surface area (Å²) in [5.41, 5.74) is 5.85. The van der Waals surface area contributed by atoms with E-state index >= 15 is 0 Å². The number of hydrogen-bond acceptors (Lipinski definition) is 9. The standard InChI is InChI=1S/C12H16N6O5/c13-9-8-5(11(21)17-14)1-18(10(8)16-4-15-9)12(22)6(20)3-23-7(12)2-19/h1,4,6-7,19-20,22H,2-3,14H2,(H,17,21)(H2,13,15,16)/t6-,7+,12+/m0/s1. The Morgan fingerprint density at radius 3 is 2.96 bits per heavy atom. The van der Waals surface area contributed by atoms with Crippen LogP contribution >= 0.6 is 0 Å². The quantitative estimate of drug-likeness (QED) is 0.195. The number of nitrogens with two attached hydrogens (primary N) is 2. The first-order chi connectivity index (χ1) is 10.9. The molecule has 0 aromatic carbocycles. The van der Waals surface area contributed by atoms with Crippen LogP contribution in [-0.2, 0) is 10.5 Å². The SMILES string of the molecule is NNC(=O)c1cn([C@@]2(O)[C@@H](O)CO[C@@H]2CO)c2ncnc(N)c12. The molecule has 2 aromatic heterocycles. The van der Waals surface area contributed by atoms with Crippen LogP contribution in [-0.4, -0.2) is 61.2 Å². The summed E-state index contributed by atoms with van der Waals surface area (Å²) in [6, 6.07) is 0. The number of hydrogen-bond donors (Lipinski definition) is 6. The van der Waals surface area contributed by atoms with Crippen molar-refractivity contribution < 1.29 is 24.9 Å². The van der Waals surface area contributed by atoms with Gasteiger partial charge in [0.2, 0.25) is 5.72 Å². The van der Waals surface area contributed by atoms with Crippen molar-refractivity contribution in [3.05, 3.63) is 18.1 Å². The van der Waals surface area contributed by atoms with Gasteiger partial charge in [0.05, 0.1) is 24.2 Å². The Labute approximate surface area is 129 Å². The highest BCUT2D eigenvalue weighted by Crippen LogP contribution is 2.36. The molecule has 8 N–H and O–H groups in total. The molecule has 0 unspecified atom stereocenters. The second-order valence-electron chi connectivity index (χ2n) is 5.15. The summed E-state index contributed by atoms with van der Waals surface area (Å²) in [7, 11) is 0. The van der Waals surface area contributed by atoms with Crippen molar-refractivity contribution in [2.24, 2.45) is 5.84 Å². The molecular weight excluding hydrogens is 308 g/mol. The summed E-state index contributed by atoms with van der Waals surface area (Å²) in [5.74, 6) is 4.49. The molecule has 3 atom stereocenters. The smallest absolute Gasteiger partial charge is 0.267 e. The fourth-order valence-electron chi connectivity index (χ4n) is 2.78. The Balaban J connectivity index is 2.30. The number of carbonyl (C=O) groups excluding carboxylic acids is 1. The number of ether oxygens (including phenoxy) is 1. The molecule has 0 saturated carbocycles. The number of aliphatic hydroxyl groups is 3. The lowest BCUT2D eigenvalue weighted by Gasteiger charge is -2.31. The molecule has 2 aromatic rings. The van der Waals surface area contributed by atoms with Gasteiger partial charge in [-0.1, -0.05) is 0 Å². The van der Waals surface area contributed by atoms with Crippen LogP contribution in [0.3, 0.4) is 0 Å². The van der Waals surface area contributed by atoms with Crippen LogP contribution in [0.15, 0.2) is 12.5 Å². The number of anilines is 1. The van der Waals surface area contributed by atoms with E-state index in [9.17, 15) is 20.1 Å². The average Bonchev–Trinajstić information content (AvgIpc) is 3.07. The number of aromatic nitrogens is 3. The summed E-state index contributed by atoms with van der Waals surface area (Å²) in [6.45, 7) is -0.743. The Bertz CT molecular complexity index is 764. The molecule has 0 spiro atoms. The number of rotatable bonds is 3. The van der Waals surface area contributed by atoms with Gasteiger partial charge in [0.25, 0.3) is 5.91 Å². The van der Waals surface area contributed by atoms with Gasteiger partial charge in [0.1, 0.15) is 30.0 Å². The molecule has 0 aliphatic carbocycles. The highest BCUT2D eigenvalue weighted by molar-refractivity contribution is 6.09. The predicted octanol–water partition coefficient (Wildman–Crippen LogP) is -2.99. The van der Waals surface area contributed by atoms with Crippen LogP contribution in [0.1, 0.15) is 10.4 Å². The first kappa shape index (κ1) is 15.6. The minimum absolute atomic E-state index is 0.00454. The number of aliphatic hydroxyl groups excluding tert-OH is 2. The largest absolute Gasteiger partial charge is 0.393 e. The van der Waals surface area contributed by atoms with Crippen LogP contribution in [0.2, 0.25) is 0 Å². The number of nitrogen functional groups attached to an aromatic ring is 2. The van der Waals surface area contributed by atoms with Crippen LogP contribution in [0, 0.1) is 0 Å². The zero-order valence-electron chi connectivity index (χ0n) is 11.9. The third-order valence-electron chi connectivity index (χ3n) is 3.96. The maximum atomic E-state index is 12.0. The molecule has 3 rings (SSSR count). The fourth-order valence-corrected chi connectivity index (χ4v) is 2.78. The van der Waals surface area contributed by atoms with E-state index in [0.717, 1.165) is 10.9 Å². The molecule has 1 saturated heterocycles. The number of hydrazine groups is 1. The zero-order valence-corrected chi connectivity index (χ0v) is 11.9. The van der Waals surface area contributed by atoms with Crippen LogP contribution in [0.25, 0.3) is 11.0 Å². The van der Waals surface area contributed by atoms with Gasteiger partial charge >= 0.3 is 0 Å². The molecule has 1 fully saturated rings. The lowest BCUT2D eigenvalue weighted by atomic mass is 10.0. The Morgan fingerprint density at radius 2 is 2.30 bits per heavy atom. The van der Waals surface area contributed by atoms with Gasteiger partial charge in [-0.15, -0.1) is 0 Å². The number of fused-ring (bicyclic) bond motifs is 1. The van der Waals surface area contributed by atoms with Gasteiger partial charge in [-0.05, 0) is 0 Å². The van der Waals surface area contributed by atoms with Gasteiger partial charge in [0, 0.05) is 6.20 Å². The Hall–Kier alpha value is -2.31. The average molecular weight is 324 g/mol. The van der Waals surface area contributed by atoms with Crippen LogP contribution in [0.4, 0.5) is 5.82 Å². The minimum Gasteiger partial charge on any atom is -0.393 e. The summed E-state index contributed by atoms with van der Waals surface area (Å²) in [5, 5.41) is 30.6. The highest BCUT2D eigenvalue weighted by atomic mass is 16.6. The number of amides is 1. The number of nitrogens with zero attached hydrogens (tertiary/aromatic N) is 3. The van der Waals surface area contributed by atoms with Gasteiger partial charge < -0.3 is 25.8 Å². The van der Waals surface area contributed by atoms with Crippen LogP contribution < -0.4 is 17.0 Å². The molecule has 0 radical (unpaired) electrons. The molecule has 124 valence electrons. The second kappa shape index (κ2) is 5.40.